The molecule has 4 nitrogen and oxygen atoms in total. The number of nitrogens with zero attached hydrogens (tertiary/aromatic N) is 1. The number of anilines is 1. The molecule has 2 N–H and O–H groups in total. The number of para-hydroxylation sites is 1. The lowest BCUT2D eigenvalue weighted by atomic mass is 10.2. The molecule has 112 valence electrons. The molecular formula is C15H12FN3OS2. The maximum Gasteiger partial charge on any atom is 0.270 e. The van der Waals surface area contributed by atoms with Crippen LogP contribution in [0, 0.1) is 5.82 Å². The number of amides is 1. The van der Waals surface area contributed by atoms with Crippen LogP contribution in [0.5, 0.6) is 0 Å². The van der Waals surface area contributed by atoms with Gasteiger partial charge >= 0.3 is 0 Å². The topological polar surface area (TPSA) is 54.0 Å². The molecule has 0 saturated carbocycles. The van der Waals surface area contributed by atoms with Crippen LogP contribution in [0.1, 0.15) is 10.4 Å². The van der Waals surface area contributed by atoms with E-state index in [1.807, 2.05) is 24.5 Å². The largest absolute Gasteiger partial charge is 0.273 e. The Labute approximate surface area is 134 Å². The van der Waals surface area contributed by atoms with E-state index in [1.165, 1.54) is 29.2 Å². The van der Waals surface area contributed by atoms with Crippen molar-refractivity contribution in [1.82, 2.24) is 10.4 Å². The molecular weight excluding hydrogens is 321 g/mol. The van der Waals surface area contributed by atoms with Crippen molar-refractivity contribution in [2.24, 2.45) is 0 Å². The summed E-state index contributed by atoms with van der Waals surface area (Å²) < 4.78 is 14.3. The molecule has 0 aliphatic rings. The third-order valence-corrected chi connectivity index (χ3v) is 4.74. The third kappa shape index (κ3) is 2.90. The van der Waals surface area contributed by atoms with Crippen molar-refractivity contribution < 1.29 is 9.18 Å². The van der Waals surface area contributed by atoms with Crippen molar-refractivity contribution in [3.05, 3.63) is 53.8 Å². The van der Waals surface area contributed by atoms with Crippen molar-refractivity contribution in [3.63, 3.8) is 0 Å². The van der Waals surface area contributed by atoms with Crippen LogP contribution in [0.15, 0.2) is 47.4 Å². The molecule has 0 unspecified atom stereocenters. The second-order valence-electron chi connectivity index (χ2n) is 4.39. The number of aromatic nitrogens is 1. The summed E-state index contributed by atoms with van der Waals surface area (Å²) in [6.45, 7) is 0. The van der Waals surface area contributed by atoms with Gasteiger partial charge in [-0.3, -0.25) is 15.6 Å². The van der Waals surface area contributed by atoms with Gasteiger partial charge in [-0.1, -0.05) is 29.5 Å². The molecule has 1 heterocycles. The molecule has 0 spiro atoms. The second-order valence-corrected chi connectivity index (χ2v) is 6.26. The van der Waals surface area contributed by atoms with Gasteiger partial charge in [-0.2, -0.15) is 0 Å². The number of halogens is 1. The van der Waals surface area contributed by atoms with E-state index in [2.05, 4.69) is 15.8 Å². The summed E-state index contributed by atoms with van der Waals surface area (Å²) >= 11 is 2.78. The number of thioether (sulfide) groups is 1. The molecule has 0 radical (unpaired) electrons. The van der Waals surface area contributed by atoms with Crippen LogP contribution < -0.4 is 10.9 Å². The lowest BCUT2D eigenvalue weighted by Crippen LogP contribution is -2.29. The van der Waals surface area contributed by atoms with Gasteiger partial charge in [0.1, 0.15) is 11.3 Å². The molecule has 7 heteroatoms. The summed E-state index contributed by atoms with van der Waals surface area (Å²) in [5.41, 5.74) is 6.21. The highest BCUT2D eigenvalue weighted by Gasteiger charge is 2.12. The summed E-state index contributed by atoms with van der Waals surface area (Å²) in [4.78, 5) is 17.2. The van der Waals surface area contributed by atoms with Gasteiger partial charge in [-0.05, 0) is 30.5 Å². The zero-order valence-corrected chi connectivity index (χ0v) is 13.2. The summed E-state index contributed by atoms with van der Waals surface area (Å²) in [5, 5.41) is 0.440. The van der Waals surface area contributed by atoms with Gasteiger partial charge in [0.05, 0.1) is 10.3 Å². The van der Waals surface area contributed by atoms with E-state index in [0.29, 0.717) is 16.2 Å². The Morgan fingerprint density at radius 1 is 1.23 bits per heavy atom. The van der Waals surface area contributed by atoms with Crippen LogP contribution in [0.4, 0.5) is 9.52 Å². The Bertz CT molecular complexity index is 835. The predicted molar refractivity (Wildman–Crippen MR) is 88.9 cm³/mol. The first kappa shape index (κ1) is 14.8. The molecule has 22 heavy (non-hydrogen) atoms. The quantitative estimate of drug-likeness (QED) is 0.561. The summed E-state index contributed by atoms with van der Waals surface area (Å²) in [6.07, 6.45) is 1.91. The van der Waals surface area contributed by atoms with Gasteiger partial charge in [0.15, 0.2) is 0 Å². The Morgan fingerprint density at radius 3 is 2.82 bits per heavy atom. The van der Waals surface area contributed by atoms with E-state index < -0.39 is 0 Å². The number of carbonyl (C=O) groups excluding carboxylic acids is 1. The number of thiazole rings is 1. The molecule has 0 bridgehead atoms. The average molecular weight is 333 g/mol. The molecule has 3 aromatic rings. The lowest BCUT2D eigenvalue weighted by Gasteiger charge is -2.08. The first-order chi connectivity index (χ1) is 10.7. The zero-order chi connectivity index (χ0) is 15.5. The van der Waals surface area contributed by atoms with Crippen molar-refractivity contribution in [2.45, 2.75) is 4.90 Å². The predicted octanol–water partition coefficient (Wildman–Crippen LogP) is 3.91. The second kappa shape index (κ2) is 6.33. The Morgan fingerprint density at radius 2 is 2.05 bits per heavy atom. The molecule has 1 aromatic heterocycles. The van der Waals surface area contributed by atoms with Crippen molar-refractivity contribution >= 4 is 44.4 Å². The van der Waals surface area contributed by atoms with Crippen molar-refractivity contribution in [1.29, 1.82) is 0 Å². The van der Waals surface area contributed by atoms with Gasteiger partial charge in [0, 0.05) is 4.90 Å². The van der Waals surface area contributed by atoms with Crippen LogP contribution in [0.25, 0.3) is 10.2 Å². The van der Waals surface area contributed by atoms with E-state index in [0.717, 1.165) is 9.60 Å². The van der Waals surface area contributed by atoms with E-state index >= 15 is 0 Å². The monoisotopic (exact) mass is 333 g/mol. The first-order valence-corrected chi connectivity index (χ1v) is 8.47. The highest BCUT2D eigenvalue weighted by molar-refractivity contribution is 7.98. The smallest absolute Gasteiger partial charge is 0.270 e. The minimum Gasteiger partial charge on any atom is -0.273 e. The van der Waals surface area contributed by atoms with Crippen molar-refractivity contribution in [3.8, 4) is 0 Å². The van der Waals surface area contributed by atoms with Crippen LogP contribution in [0.3, 0.4) is 0 Å². The normalized spacial score (nSPS) is 10.6. The van der Waals surface area contributed by atoms with Gasteiger partial charge < -0.3 is 0 Å². The number of benzene rings is 2. The van der Waals surface area contributed by atoms with E-state index in [1.54, 1.807) is 18.2 Å². The van der Waals surface area contributed by atoms with Gasteiger partial charge in [-0.15, -0.1) is 11.8 Å². The van der Waals surface area contributed by atoms with Gasteiger partial charge in [0.25, 0.3) is 5.91 Å². The molecule has 0 aliphatic heterocycles. The van der Waals surface area contributed by atoms with Crippen LogP contribution >= 0.6 is 23.1 Å². The van der Waals surface area contributed by atoms with Crippen LogP contribution in [-0.4, -0.2) is 17.1 Å². The number of fused-ring (bicyclic) bond motifs is 1. The SMILES string of the molecule is CSc1ccccc1C(=O)NNc1nc2c(F)cccc2s1. The summed E-state index contributed by atoms with van der Waals surface area (Å²) in [7, 11) is 0. The Kier molecular flexibility index (Phi) is 4.26. The minimum absolute atomic E-state index is 0.260. The molecule has 3 rings (SSSR count). The first-order valence-electron chi connectivity index (χ1n) is 6.43. The van der Waals surface area contributed by atoms with Gasteiger partial charge in [-0.25, -0.2) is 9.37 Å². The maximum absolute atomic E-state index is 13.6. The Hall–Kier alpha value is -2.12. The van der Waals surface area contributed by atoms with Crippen LogP contribution in [-0.2, 0) is 0 Å². The molecule has 2 aromatic carbocycles. The molecule has 1 amide bonds. The number of hydrogen-bond acceptors (Lipinski definition) is 5. The fourth-order valence-electron chi connectivity index (χ4n) is 1.98. The number of hydrazine groups is 1. The summed E-state index contributed by atoms with van der Waals surface area (Å²) in [5.74, 6) is -0.634. The fraction of sp³-hybridized carbons (Fsp3) is 0.0667. The highest BCUT2D eigenvalue weighted by atomic mass is 32.2. The maximum atomic E-state index is 13.6. The molecule has 0 aliphatic carbocycles. The van der Waals surface area contributed by atoms with Crippen molar-refractivity contribution in [2.75, 3.05) is 11.7 Å². The number of nitrogens with one attached hydrogen (secondary N) is 2. The highest BCUT2D eigenvalue weighted by Crippen LogP contribution is 2.27. The molecule has 0 saturated heterocycles. The van der Waals surface area contributed by atoms with E-state index in [-0.39, 0.29) is 11.7 Å². The number of hydrogen-bond donors (Lipinski definition) is 2. The summed E-state index contributed by atoms with van der Waals surface area (Å²) in [6, 6.07) is 12.1. The average Bonchev–Trinajstić information content (AvgIpc) is 2.97. The lowest BCUT2D eigenvalue weighted by molar-refractivity contribution is 0.0960. The fourth-order valence-corrected chi connectivity index (χ4v) is 3.41. The Balaban J connectivity index is 1.76. The molecule has 0 fully saturated rings. The minimum atomic E-state index is -0.374. The zero-order valence-electron chi connectivity index (χ0n) is 11.6. The molecule has 0 atom stereocenters. The van der Waals surface area contributed by atoms with Gasteiger partial charge in [0.2, 0.25) is 5.13 Å². The number of rotatable bonds is 4. The standard InChI is InChI=1S/C15H12FN3OS2/c1-21-11-7-3-2-5-9(11)14(20)18-19-15-17-13-10(16)6-4-8-12(13)22-15/h2-8H,1H3,(H,17,19)(H,18,20). The third-order valence-electron chi connectivity index (χ3n) is 3.00. The van der Waals surface area contributed by atoms with E-state index in [4.69, 9.17) is 0 Å². The van der Waals surface area contributed by atoms with Crippen LogP contribution in [0.2, 0.25) is 0 Å². The number of carbonyl (C=O) groups is 1. The van der Waals surface area contributed by atoms with E-state index in [9.17, 15) is 9.18 Å².